The summed E-state index contributed by atoms with van der Waals surface area (Å²) in [5.74, 6) is 1.24. The lowest BCUT2D eigenvalue weighted by Gasteiger charge is -2.16. The Morgan fingerprint density at radius 2 is 2.00 bits per heavy atom. The largest absolute Gasteiger partial charge is 0.357 e. The van der Waals surface area contributed by atoms with Crippen molar-refractivity contribution < 1.29 is 13.2 Å². The van der Waals surface area contributed by atoms with Crippen molar-refractivity contribution in [3.63, 3.8) is 0 Å². The molecule has 0 radical (unpaired) electrons. The van der Waals surface area contributed by atoms with E-state index in [1.165, 1.54) is 0 Å². The second kappa shape index (κ2) is 9.41. The molecule has 3 N–H and O–H groups in total. The highest BCUT2D eigenvalue weighted by atomic mass is 32.2. The number of anilines is 1. The Hall–Kier alpha value is -2.09. The molecule has 2 aliphatic rings. The number of hydrogen-bond acceptors (Lipinski definition) is 4. The van der Waals surface area contributed by atoms with Gasteiger partial charge in [0.2, 0.25) is 5.91 Å². The van der Waals surface area contributed by atoms with Crippen molar-refractivity contribution in [2.75, 3.05) is 23.4 Å². The van der Waals surface area contributed by atoms with E-state index in [2.05, 4.69) is 20.9 Å². The van der Waals surface area contributed by atoms with Gasteiger partial charge in [0.05, 0.1) is 18.1 Å². The third-order valence-corrected chi connectivity index (χ3v) is 7.03. The average Bonchev–Trinajstić information content (AvgIpc) is 3.30. The summed E-state index contributed by atoms with van der Waals surface area (Å²) in [4.78, 5) is 16.9. The van der Waals surface area contributed by atoms with Gasteiger partial charge in [-0.15, -0.1) is 0 Å². The second-order valence-electron chi connectivity index (χ2n) is 7.61. The van der Waals surface area contributed by atoms with Gasteiger partial charge in [0.25, 0.3) is 0 Å². The Morgan fingerprint density at radius 1 is 1.21 bits per heavy atom. The van der Waals surface area contributed by atoms with Crippen LogP contribution in [0.3, 0.4) is 0 Å². The Balaban J connectivity index is 1.59. The predicted molar refractivity (Wildman–Crippen MR) is 112 cm³/mol. The Bertz CT molecular complexity index is 816. The number of aliphatic imine (C=N–C) groups is 1. The molecular weight excluding hydrogens is 376 g/mol. The lowest BCUT2D eigenvalue weighted by atomic mass is 10.1. The van der Waals surface area contributed by atoms with Gasteiger partial charge in [-0.25, -0.2) is 13.4 Å². The first-order valence-corrected chi connectivity index (χ1v) is 11.9. The van der Waals surface area contributed by atoms with Crippen molar-refractivity contribution in [2.45, 2.75) is 51.6 Å². The van der Waals surface area contributed by atoms with Crippen LogP contribution in [0.5, 0.6) is 0 Å². The molecule has 1 amide bonds. The molecule has 0 spiro atoms. The number of amides is 1. The maximum Gasteiger partial charge on any atom is 0.227 e. The van der Waals surface area contributed by atoms with Crippen LogP contribution in [0.1, 0.15) is 44.6 Å². The van der Waals surface area contributed by atoms with Crippen molar-refractivity contribution in [3.8, 4) is 0 Å². The van der Waals surface area contributed by atoms with Crippen LogP contribution < -0.4 is 16.0 Å². The van der Waals surface area contributed by atoms with Gasteiger partial charge in [-0.3, -0.25) is 4.79 Å². The molecule has 1 aliphatic heterocycles. The number of nitrogens with zero attached hydrogens (tertiary/aromatic N) is 1. The SMILES string of the molecule is CCNC(=NCc1cccc(NC(=O)C2CCCC2)c1)NC1CCS(=O)(=O)C1. The zero-order valence-electron chi connectivity index (χ0n) is 16.4. The van der Waals surface area contributed by atoms with Gasteiger partial charge < -0.3 is 16.0 Å². The maximum absolute atomic E-state index is 12.3. The van der Waals surface area contributed by atoms with Gasteiger partial charge in [0.15, 0.2) is 15.8 Å². The van der Waals surface area contributed by atoms with E-state index in [4.69, 9.17) is 0 Å². The number of sulfone groups is 1. The first-order chi connectivity index (χ1) is 13.4. The smallest absolute Gasteiger partial charge is 0.227 e. The number of nitrogens with one attached hydrogen (secondary N) is 3. The van der Waals surface area contributed by atoms with Gasteiger partial charge in [0.1, 0.15) is 0 Å². The molecular formula is C20H30N4O3S. The van der Waals surface area contributed by atoms with E-state index < -0.39 is 9.84 Å². The van der Waals surface area contributed by atoms with Crippen LogP contribution in [0, 0.1) is 5.92 Å². The maximum atomic E-state index is 12.3. The molecule has 154 valence electrons. The molecule has 3 rings (SSSR count). The molecule has 2 fully saturated rings. The normalized spacial score (nSPS) is 22.2. The van der Waals surface area contributed by atoms with E-state index in [9.17, 15) is 13.2 Å². The molecule has 1 heterocycles. The fraction of sp³-hybridized carbons (Fsp3) is 0.600. The van der Waals surface area contributed by atoms with Gasteiger partial charge in [-0.1, -0.05) is 25.0 Å². The predicted octanol–water partition coefficient (Wildman–Crippen LogP) is 2.06. The number of carbonyl (C=O) groups excluding carboxylic acids is 1. The fourth-order valence-corrected chi connectivity index (χ4v) is 5.45. The molecule has 7 nitrogen and oxygen atoms in total. The summed E-state index contributed by atoms with van der Waals surface area (Å²) in [5.41, 5.74) is 1.78. The molecule has 1 saturated carbocycles. The first-order valence-electron chi connectivity index (χ1n) is 10.1. The molecule has 8 heteroatoms. The van der Waals surface area contributed by atoms with Crippen LogP contribution in [0.2, 0.25) is 0 Å². The number of guanidine groups is 1. The van der Waals surface area contributed by atoms with Crippen molar-refractivity contribution >= 4 is 27.4 Å². The monoisotopic (exact) mass is 406 g/mol. The summed E-state index contributed by atoms with van der Waals surface area (Å²) < 4.78 is 23.3. The Morgan fingerprint density at radius 3 is 2.68 bits per heavy atom. The number of carbonyl (C=O) groups is 1. The molecule has 1 aliphatic carbocycles. The van der Waals surface area contributed by atoms with Crippen LogP contribution in [-0.2, 0) is 21.2 Å². The van der Waals surface area contributed by atoms with Crippen LogP contribution in [0.25, 0.3) is 0 Å². The Labute approximate surface area is 167 Å². The van der Waals surface area contributed by atoms with Crippen molar-refractivity contribution in [1.29, 1.82) is 0 Å². The fourth-order valence-electron chi connectivity index (χ4n) is 3.77. The quantitative estimate of drug-likeness (QED) is 0.496. The van der Waals surface area contributed by atoms with E-state index in [1.807, 2.05) is 31.2 Å². The lowest BCUT2D eigenvalue weighted by molar-refractivity contribution is -0.119. The molecule has 1 unspecified atom stereocenters. The van der Waals surface area contributed by atoms with Crippen LogP contribution >= 0.6 is 0 Å². The third-order valence-electron chi connectivity index (χ3n) is 5.26. The minimum absolute atomic E-state index is 0.0974. The topological polar surface area (TPSA) is 99.7 Å². The van der Waals surface area contributed by atoms with Crippen LogP contribution in [0.4, 0.5) is 5.69 Å². The molecule has 1 aromatic rings. The Kier molecular flexibility index (Phi) is 6.93. The third kappa shape index (κ3) is 5.95. The van der Waals surface area contributed by atoms with E-state index in [1.54, 1.807) is 0 Å². The summed E-state index contributed by atoms with van der Waals surface area (Å²) in [6, 6.07) is 7.63. The molecule has 1 saturated heterocycles. The van der Waals surface area contributed by atoms with Gasteiger partial charge in [-0.05, 0) is 43.9 Å². The zero-order chi connectivity index (χ0) is 20.0. The highest BCUT2D eigenvalue weighted by molar-refractivity contribution is 7.91. The van der Waals surface area contributed by atoms with Gasteiger partial charge >= 0.3 is 0 Å². The second-order valence-corrected chi connectivity index (χ2v) is 9.84. The highest BCUT2D eigenvalue weighted by Crippen LogP contribution is 2.26. The standard InChI is InChI=1S/C20H30N4O3S/c1-2-21-20(24-18-10-11-28(26,27)14-18)22-13-15-6-5-9-17(12-15)23-19(25)16-7-3-4-8-16/h5-6,9,12,16,18H,2-4,7-8,10-11,13-14H2,1H3,(H,23,25)(H2,21,22,24). The van der Waals surface area contributed by atoms with Crippen molar-refractivity contribution in [3.05, 3.63) is 29.8 Å². The van der Waals surface area contributed by atoms with Crippen LogP contribution in [-0.4, -0.2) is 44.4 Å². The summed E-state index contributed by atoms with van der Waals surface area (Å²) in [7, 11) is -2.93. The molecule has 0 bridgehead atoms. The molecule has 1 atom stereocenters. The lowest BCUT2D eigenvalue weighted by Crippen LogP contribution is -2.44. The highest BCUT2D eigenvalue weighted by Gasteiger charge is 2.28. The molecule has 0 aromatic heterocycles. The van der Waals surface area contributed by atoms with Crippen molar-refractivity contribution in [2.24, 2.45) is 10.9 Å². The van der Waals surface area contributed by atoms with E-state index in [0.29, 0.717) is 25.5 Å². The molecule has 28 heavy (non-hydrogen) atoms. The number of hydrogen-bond donors (Lipinski definition) is 3. The van der Waals surface area contributed by atoms with Crippen LogP contribution in [0.15, 0.2) is 29.3 Å². The molecule has 1 aromatic carbocycles. The first kappa shape index (κ1) is 20.6. The summed E-state index contributed by atoms with van der Waals surface area (Å²) >= 11 is 0. The zero-order valence-corrected chi connectivity index (χ0v) is 17.2. The minimum Gasteiger partial charge on any atom is -0.357 e. The average molecular weight is 407 g/mol. The summed E-state index contributed by atoms with van der Waals surface area (Å²) in [5, 5.41) is 9.40. The van der Waals surface area contributed by atoms with E-state index in [-0.39, 0.29) is 29.4 Å². The van der Waals surface area contributed by atoms with Crippen molar-refractivity contribution in [1.82, 2.24) is 10.6 Å². The summed E-state index contributed by atoms with van der Waals surface area (Å²) in [6.07, 6.45) is 4.83. The summed E-state index contributed by atoms with van der Waals surface area (Å²) in [6.45, 7) is 3.12. The van der Waals surface area contributed by atoms with Gasteiger partial charge in [-0.2, -0.15) is 0 Å². The number of rotatable bonds is 6. The number of benzene rings is 1. The van der Waals surface area contributed by atoms with E-state index in [0.717, 1.165) is 36.9 Å². The minimum atomic E-state index is -2.93. The van der Waals surface area contributed by atoms with E-state index >= 15 is 0 Å². The van der Waals surface area contributed by atoms with Gasteiger partial charge in [0, 0.05) is 24.2 Å².